The van der Waals surface area contributed by atoms with Crippen LogP contribution in [-0.2, 0) is 17.9 Å². The molecule has 0 saturated carbocycles. The average molecular weight is 241 g/mol. The van der Waals surface area contributed by atoms with Crippen LogP contribution in [0.4, 0.5) is 0 Å². The van der Waals surface area contributed by atoms with Crippen LogP contribution in [0, 0.1) is 0 Å². The van der Waals surface area contributed by atoms with Gasteiger partial charge in [-0.25, -0.2) is 4.79 Å². The van der Waals surface area contributed by atoms with Gasteiger partial charge < -0.3 is 10.5 Å². The number of nitrogens with two attached hydrogens (primary N) is 1. The summed E-state index contributed by atoms with van der Waals surface area (Å²) in [5.41, 5.74) is 7.96. The van der Waals surface area contributed by atoms with Crippen molar-refractivity contribution in [1.29, 1.82) is 0 Å². The lowest BCUT2D eigenvalue weighted by molar-refractivity contribution is 0.0472. The monoisotopic (exact) mass is 241 g/mol. The largest absolute Gasteiger partial charge is 0.457 e. The van der Waals surface area contributed by atoms with Gasteiger partial charge in [0.15, 0.2) is 0 Å². The normalized spacial score (nSPS) is 10.1. The standard InChI is InChI=1S/C15H15NO2/c16-10-13-7-4-8-14(9-13)15(17)18-11-12-5-2-1-3-6-12/h1-9H,10-11,16H2. The van der Waals surface area contributed by atoms with E-state index < -0.39 is 0 Å². The van der Waals surface area contributed by atoms with Gasteiger partial charge in [0, 0.05) is 6.54 Å². The Labute approximate surface area is 106 Å². The molecular weight excluding hydrogens is 226 g/mol. The van der Waals surface area contributed by atoms with Gasteiger partial charge in [-0.05, 0) is 23.3 Å². The van der Waals surface area contributed by atoms with Crippen molar-refractivity contribution in [2.24, 2.45) is 5.73 Å². The first-order valence-corrected chi connectivity index (χ1v) is 5.79. The third-order valence-electron chi connectivity index (χ3n) is 2.61. The van der Waals surface area contributed by atoms with Gasteiger partial charge in [0.25, 0.3) is 0 Å². The molecular formula is C15H15NO2. The summed E-state index contributed by atoms with van der Waals surface area (Å²) in [6, 6.07) is 16.8. The van der Waals surface area contributed by atoms with Crippen molar-refractivity contribution in [2.45, 2.75) is 13.2 Å². The fraction of sp³-hybridized carbons (Fsp3) is 0.133. The van der Waals surface area contributed by atoms with Gasteiger partial charge >= 0.3 is 5.97 Å². The summed E-state index contributed by atoms with van der Waals surface area (Å²) in [5.74, 6) is -0.325. The maximum Gasteiger partial charge on any atom is 0.338 e. The van der Waals surface area contributed by atoms with Gasteiger partial charge in [-0.15, -0.1) is 0 Å². The van der Waals surface area contributed by atoms with Crippen molar-refractivity contribution >= 4 is 5.97 Å². The SMILES string of the molecule is NCc1cccc(C(=O)OCc2ccccc2)c1. The zero-order valence-corrected chi connectivity index (χ0v) is 10.0. The number of hydrogen-bond acceptors (Lipinski definition) is 3. The summed E-state index contributed by atoms with van der Waals surface area (Å²) in [6.07, 6.45) is 0. The van der Waals surface area contributed by atoms with Crippen molar-refractivity contribution in [3.8, 4) is 0 Å². The molecule has 0 radical (unpaired) electrons. The third-order valence-corrected chi connectivity index (χ3v) is 2.61. The minimum absolute atomic E-state index is 0.284. The summed E-state index contributed by atoms with van der Waals surface area (Å²) in [6.45, 7) is 0.701. The van der Waals surface area contributed by atoms with Crippen LogP contribution < -0.4 is 5.73 Å². The molecule has 3 nitrogen and oxygen atoms in total. The summed E-state index contributed by atoms with van der Waals surface area (Å²) in [4.78, 5) is 11.8. The molecule has 0 heterocycles. The molecule has 0 atom stereocenters. The predicted octanol–water partition coefficient (Wildman–Crippen LogP) is 2.50. The predicted molar refractivity (Wildman–Crippen MR) is 69.9 cm³/mol. The molecule has 18 heavy (non-hydrogen) atoms. The van der Waals surface area contributed by atoms with E-state index in [1.165, 1.54) is 0 Å². The fourth-order valence-electron chi connectivity index (χ4n) is 1.63. The van der Waals surface area contributed by atoms with Crippen molar-refractivity contribution in [3.63, 3.8) is 0 Å². The molecule has 0 spiro atoms. The highest BCUT2D eigenvalue weighted by Crippen LogP contribution is 2.08. The average Bonchev–Trinajstić information content (AvgIpc) is 2.46. The van der Waals surface area contributed by atoms with Crippen molar-refractivity contribution < 1.29 is 9.53 Å². The Morgan fingerprint density at radius 3 is 2.44 bits per heavy atom. The van der Waals surface area contributed by atoms with Gasteiger partial charge in [-0.1, -0.05) is 42.5 Å². The van der Waals surface area contributed by atoms with Crippen LogP contribution in [0.3, 0.4) is 0 Å². The Morgan fingerprint density at radius 1 is 1.00 bits per heavy atom. The van der Waals surface area contributed by atoms with E-state index in [-0.39, 0.29) is 12.6 Å². The Bertz CT molecular complexity index is 523. The molecule has 2 aromatic rings. The Kier molecular flexibility index (Phi) is 4.10. The van der Waals surface area contributed by atoms with Crippen LogP contribution in [0.25, 0.3) is 0 Å². The number of carbonyl (C=O) groups is 1. The summed E-state index contributed by atoms with van der Waals surface area (Å²) in [7, 11) is 0. The molecule has 2 N–H and O–H groups in total. The van der Waals surface area contributed by atoms with Crippen LogP contribution in [0.2, 0.25) is 0 Å². The molecule has 0 aliphatic heterocycles. The molecule has 92 valence electrons. The molecule has 0 unspecified atom stereocenters. The quantitative estimate of drug-likeness (QED) is 0.837. The van der Waals surface area contributed by atoms with Gasteiger partial charge in [0.2, 0.25) is 0 Å². The first-order valence-electron chi connectivity index (χ1n) is 5.79. The Hall–Kier alpha value is -2.13. The van der Waals surface area contributed by atoms with Crippen molar-refractivity contribution in [2.75, 3.05) is 0 Å². The van der Waals surface area contributed by atoms with E-state index in [1.807, 2.05) is 36.4 Å². The molecule has 2 aromatic carbocycles. The molecule has 0 aliphatic rings. The lowest BCUT2D eigenvalue weighted by atomic mass is 10.1. The zero-order valence-electron chi connectivity index (χ0n) is 10.0. The molecule has 0 fully saturated rings. The topological polar surface area (TPSA) is 52.3 Å². The van der Waals surface area contributed by atoms with E-state index in [9.17, 15) is 4.79 Å². The highest BCUT2D eigenvalue weighted by Gasteiger charge is 2.07. The third kappa shape index (κ3) is 3.18. The van der Waals surface area contributed by atoms with E-state index in [2.05, 4.69) is 0 Å². The van der Waals surface area contributed by atoms with Crippen LogP contribution in [-0.4, -0.2) is 5.97 Å². The summed E-state index contributed by atoms with van der Waals surface area (Å²) < 4.78 is 5.23. The second kappa shape index (κ2) is 5.98. The van der Waals surface area contributed by atoms with Gasteiger partial charge in [0.1, 0.15) is 6.61 Å². The number of benzene rings is 2. The maximum atomic E-state index is 11.8. The molecule has 0 bridgehead atoms. The summed E-state index contributed by atoms with van der Waals surface area (Å²) >= 11 is 0. The maximum absolute atomic E-state index is 11.8. The second-order valence-electron chi connectivity index (χ2n) is 3.97. The van der Waals surface area contributed by atoms with Crippen LogP contribution in [0.5, 0.6) is 0 Å². The van der Waals surface area contributed by atoms with Crippen LogP contribution in [0.1, 0.15) is 21.5 Å². The highest BCUT2D eigenvalue weighted by molar-refractivity contribution is 5.89. The first-order chi connectivity index (χ1) is 8.79. The zero-order chi connectivity index (χ0) is 12.8. The van der Waals surface area contributed by atoms with E-state index in [0.29, 0.717) is 12.1 Å². The van der Waals surface area contributed by atoms with E-state index in [0.717, 1.165) is 11.1 Å². The van der Waals surface area contributed by atoms with E-state index >= 15 is 0 Å². The molecule has 0 amide bonds. The molecule has 0 aliphatic carbocycles. The number of hydrogen-bond donors (Lipinski definition) is 1. The first kappa shape index (κ1) is 12.3. The molecule has 0 aromatic heterocycles. The fourth-order valence-corrected chi connectivity index (χ4v) is 1.63. The van der Waals surface area contributed by atoms with Crippen molar-refractivity contribution in [3.05, 3.63) is 71.3 Å². The summed E-state index contributed by atoms with van der Waals surface area (Å²) in [5, 5.41) is 0. The minimum Gasteiger partial charge on any atom is -0.457 e. The highest BCUT2D eigenvalue weighted by atomic mass is 16.5. The van der Waals surface area contributed by atoms with E-state index in [4.69, 9.17) is 10.5 Å². The minimum atomic E-state index is -0.325. The van der Waals surface area contributed by atoms with E-state index in [1.54, 1.807) is 18.2 Å². The lowest BCUT2D eigenvalue weighted by Crippen LogP contribution is -2.06. The van der Waals surface area contributed by atoms with Crippen LogP contribution in [0.15, 0.2) is 54.6 Å². The number of ether oxygens (including phenoxy) is 1. The lowest BCUT2D eigenvalue weighted by Gasteiger charge is -2.06. The Morgan fingerprint density at radius 2 is 1.72 bits per heavy atom. The smallest absolute Gasteiger partial charge is 0.338 e. The number of carbonyl (C=O) groups excluding carboxylic acids is 1. The van der Waals surface area contributed by atoms with Crippen LogP contribution >= 0.6 is 0 Å². The van der Waals surface area contributed by atoms with Gasteiger partial charge in [-0.2, -0.15) is 0 Å². The second-order valence-corrected chi connectivity index (χ2v) is 3.97. The molecule has 2 rings (SSSR count). The molecule has 0 saturated heterocycles. The Balaban J connectivity index is 1.99. The number of rotatable bonds is 4. The van der Waals surface area contributed by atoms with Gasteiger partial charge in [-0.3, -0.25) is 0 Å². The van der Waals surface area contributed by atoms with Crippen molar-refractivity contribution in [1.82, 2.24) is 0 Å². The number of esters is 1. The van der Waals surface area contributed by atoms with Gasteiger partial charge in [0.05, 0.1) is 5.56 Å². The molecule has 3 heteroatoms.